The van der Waals surface area contributed by atoms with Crippen molar-refractivity contribution in [1.82, 2.24) is 9.80 Å². The molecule has 0 amide bonds. The first-order valence-electron chi connectivity index (χ1n) is 6.31. The van der Waals surface area contributed by atoms with Gasteiger partial charge >= 0.3 is 0 Å². The average molecular weight is 444 g/mol. The Labute approximate surface area is 158 Å². The van der Waals surface area contributed by atoms with E-state index in [1.807, 2.05) is 6.21 Å². The predicted molar refractivity (Wildman–Crippen MR) is 90.3 cm³/mol. The van der Waals surface area contributed by atoms with Gasteiger partial charge in [0.15, 0.2) is 0 Å². The maximum absolute atomic E-state index is 6.26. The van der Waals surface area contributed by atoms with E-state index in [0.29, 0.717) is 17.1 Å². The number of hydrogen-bond donors (Lipinski definition) is 0. The smallest absolute Gasteiger partial charge is 0.0591 e. The molecule has 3 nitrogen and oxygen atoms in total. The zero-order valence-electron chi connectivity index (χ0n) is 12.4. The summed E-state index contributed by atoms with van der Waals surface area (Å²) in [6.45, 7) is 8.69. The van der Waals surface area contributed by atoms with Gasteiger partial charge in [0.05, 0.1) is 5.82 Å². The Bertz CT molecular complexity index is 436. The Kier molecular flexibility index (Phi) is 11.0. The zero-order valence-corrected chi connectivity index (χ0v) is 16.4. The molecule has 0 radical (unpaired) electrons. The monoisotopic (exact) mass is 442 g/mol. The molecular formula is C14H21Cl3N3Pd-. The van der Waals surface area contributed by atoms with Crippen molar-refractivity contribution >= 4 is 42.6 Å². The van der Waals surface area contributed by atoms with Crippen molar-refractivity contribution in [2.75, 3.05) is 0 Å². The van der Waals surface area contributed by atoms with E-state index in [0.717, 1.165) is 17.8 Å². The van der Waals surface area contributed by atoms with Gasteiger partial charge in [0.2, 0.25) is 0 Å². The Hall–Kier alpha value is 0.0223. The summed E-state index contributed by atoms with van der Waals surface area (Å²) >= 11 is 6.26. The molecule has 0 N–H and O–H groups in total. The van der Waals surface area contributed by atoms with Crippen LogP contribution in [-0.4, -0.2) is 28.1 Å². The number of allylic oxidation sites excluding steroid dienone is 2. The molecule has 0 aromatic rings. The summed E-state index contributed by atoms with van der Waals surface area (Å²) in [5.41, 5.74) is 1.10. The molecule has 0 fully saturated rings. The van der Waals surface area contributed by atoms with Crippen LogP contribution in [0.15, 0.2) is 33.8 Å². The van der Waals surface area contributed by atoms with Gasteiger partial charge in [-0.05, 0) is 32.7 Å². The molecule has 0 saturated carbocycles. The second kappa shape index (κ2) is 9.92. The van der Waals surface area contributed by atoms with Crippen molar-refractivity contribution in [3.63, 3.8) is 0 Å². The minimum absolute atomic E-state index is 0. The molecule has 124 valence electrons. The van der Waals surface area contributed by atoms with E-state index in [1.54, 1.807) is 0 Å². The molecule has 0 aromatic carbocycles. The summed E-state index contributed by atoms with van der Waals surface area (Å²) in [5, 5.41) is 0.618. The fraction of sp³-hybridized carbons (Fsp3) is 0.500. The summed E-state index contributed by atoms with van der Waals surface area (Å²) in [6, 6.07) is 0.798. The van der Waals surface area contributed by atoms with Crippen molar-refractivity contribution in [3.05, 3.63) is 35.0 Å². The molecule has 0 saturated heterocycles. The van der Waals surface area contributed by atoms with Gasteiger partial charge in [-0.1, -0.05) is 18.2 Å². The summed E-state index contributed by atoms with van der Waals surface area (Å²) < 4.78 is 0. The quantitative estimate of drug-likeness (QED) is 0.468. The van der Waals surface area contributed by atoms with Gasteiger partial charge in [0, 0.05) is 44.9 Å². The van der Waals surface area contributed by atoms with Crippen molar-refractivity contribution in [3.8, 4) is 0 Å². The van der Waals surface area contributed by atoms with Crippen molar-refractivity contribution in [2.45, 2.75) is 46.2 Å². The van der Waals surface area contributed by atoms with Crippen LogP contribution in [0.3, 0.4) is 0 Å². The third-order valence-corrected chi connectivity index (χ3v) is 3.39. The minimum atomic E-state index is 0. The summed E-state index contributed by atoms with van der Waals surface area (Å²) in [4.78, 5) is 8.48. The first-order valence-corrected chi connectivity index (χ1v) is 6.68. The summed E-state index contributed by atoms with van der Waals surface area (Å²) in [7, 11) is 0. The molecule has 2 heterocycles. The Morgan fingerprint density at radius 3 is 1.95 bits per heavy atom. The van der Waals surface area contributed by atoms with Crippen molar-refractivity contribution < 1.29 is 20.4 Å². The Morgan fingerprint density at radius 2 is 1.57 bits per heavy atom. The van der Waals surface area contributed by atoms with E-state index in [-0.39, 0.29) is 45.2 Å². The summed E-state index contributed by atoms with van der Waals surface area (Å²) in [6.07, 6.45) is 9.68. The fourth-order valence-corrected chi connectivity index (χ4v) is 2.36. The molecule has 2 aliphatic heterocycles. The van der Waals surface area contributed by atoms with Crippen LogP contribution < -0.4 is 0 Å². The molecule has 0 spiro atoms. The molecular weight excluding hydrogens is 423 g/mol. The van der Waals surface area contributed by atoms with Gasteiger partial charge in [-0.15, -0.1) is 42.6 Å². The van der Waals surface area contributed by atoms with Crippen LogP contribution in [0.25, 0.3) is 0 Å². The summed E-state index contributed by atoms with van der Waals surface area (Å²) in [5.74, 6) is 1.16. The van der Waals surface area contributed by atoms with E-state index in [4.69, 9.17) is 11.6 Å². The van der Waals surface area contributed by atoms with Gasteiger partial charge < -0.3 is 14.8 Å². The topological polar surface area (TPSA) is 18.8 Å². The van der Waals surface area contributed by atoms with Gasteiger partial charge in [-0.2, -0.15) is 0 Å². The van der Waals surface area contributed by atoms with E-state index in [1.165, 1.54) is 0 Å². The van der Waals surface area contributed by atoms with E-state index >= 15 is 0 Å². The predicted octanol–water partition coefficient (Wildman–Crippen LogP) is 4.30. The van der Waals surface area contributed by atoms with Crippen LogP contribution >= 0.6 is 36.4 Å². The van der Waals surface area contributed by atoms with Crippen LogP contribution in [0.4, 0.5) is 0 Å². The maximum atomic E-state index is 6.26. The number of nitrogens with zero attached hydrogens (tertiary/aromatic N) is 3. The van der Waals surface area contributed by atoms with E-state index < -0.39 is 0 Å². The average Bonchev–Trinajstić information content (AvgIpc) is 2.74. The van der Waals surface area contributed by atoms with Gasteiger partial charge in [0.1, 0.15) is 0 Å². The second-order valence-corrected chi connectivity index (χ2v) is 5.42. The molecule has 2 rings (SSSR count). The minimum Gasteiger partial charge on any atom is -0.397 e. The van der Waals surface area contributed by atoms with Gasteiger partial charge in [-0.3, -0.25) is 0 Å². The number of halogens is 3. The Morgan fingerprint density at radius 1 is 1.10 bits per heavy atom. The number of aliphatic imine (C=N–C) groups is 1. The molecule has 0 aliphatic carbocycles. The van der Waals surface area contributed by atoms with Gasteiger partial charge in [-0.25, -0.2) is 0 Å². The SMILES string of the molecule is CC(C)N1C=CN(C(C)C)C1=C1CC=N[C-]=C1Cl.Cl.Cl.[Pd]. The van der Waals surface area contributed by atoms with Crippen LogP contribution in [0, 0.1) is 6.20 Å². The van der Waals surface area contributed by atoms with E-state index in [2.05, 4.69) is 61.1 Å². The van der Waals surface area contributed by atoms with Crippen molar-refractivity contribution in [2.24, 2.45) is 4.99 Å². The first kappa shape index (κ1) is 23.3. The normalized spacial score (nSPS) is 16.8. The molecule has 0 unspecified atom stereocenters. The van der Waals surface area contributed by atoms with Crippen LogP contribution in [0.5, 0.6) is 0 Å². The molecule has 0 aromatic heterocycles. The van der Waals surface area contributed by atoms with Crippen molar-refractivity contribution in [1.29, 1.82) is 0 Å². The first-order chi connectivity index (χ1) is 8.52. The standard InChI is InChI=1S/C14H19ClN3.2ClH.Pd/c1-10(2)17-7-8-18(11(3)4)14(17)12-5-6-16-9-13(12)15;;;/h6-8,10-11H,5H2,1-4H3;2*1H;/q-1;;;. The van der Waals surface area contributed by atoms with Crippen LogP contribution in [-0.2, 0) is 20.4 Å². The molecule has 21 heavy (non-hydrogen) atoms. The third kappa shape index (κ3) is 5.01. The number of hydrogen-bond acceptors (Lipinski definition) is 3. The fourth-order valence-electron chi connectivity index (χ4n) is 2.15. The largest absolute Gasteiger partial charge is 0.397 e. The second-order valence-electron chi connectivity index (χ2n) is 5.04. The number of rotatable bonds is 2. The van der Waals surface area contributed by atoms with Gasteiger partial charge in [0.25, 0.3) is 0 Å². The third-order valence-electron chi connectivity index (χ3n) is 3.07. The zero-order chi connectivity index (χ0) is 13.3. The molecule has 2 aliphatic rings. The van der Waals surface area contributed by atoms with Crippen LogP contribution in [0.2, 0.25) is 0 Å². The molecule has 0 atom stereocenters. The van der Waals surface area contributed by atoms with E-state index in [9.17, 15) is 0 Å². The molecule has 0 bridgehead atoms. The maximum Gasteiger partial charge on any atom is 0.0591 e. The van der Waals surface area contributed by atoms with Crippen LogP contribution in [0.1, 0.15) is 34.1 Å². The molecule has 7 heteroatoms. The Balaban J connectivity index is 0.